The number of benzene rings is 6. The fourth-order valence-corrected chi connectivity index (χ4v) is 8.24. The normalized spacial score (nSPS) is 15.4. The Hall–Kier alpha value is -6.26. The summed E-state index contributed by atoms with van der Waals surface area (Å²) in [5.41, 5.74) is 7.72. The van der Waals surface area contributed by atoms with Crippen molar-refractivity contribution in [3.63, 3.8) is 0 Å². The first-order valence-corrected chi connectivity index (χ1v) is 21.6. The number of hydrogen-bond donors (Lipinski definition) is 1. The molecule has 0 aliphatic heterocycles. The molecule has 0 fully saturated rings. The Morgan fingerprint density at radius 3 is 2.02 bits per heavy atom. The van der Waals surface area contributed by atoms with Crippen LogP contribution in [-0.2, 0) is 5.41 Å². The average Bonchev–Trinajstić information content (AvgIpc) is 3.71. The third-order valence-electron chi connectivity index (χ3n) is 11.8. The van der Waals surface area contributed by atoms with Gasteiger partial charge in [0, 0.05) is 29.8 Å². The number of aromatic hydroxyl groups is 1. The van der Waals surface area contributed by atoms with E-state index >= 15 is 0 Å². The molecular weight excluding hydrogens is 767 g/mol. The number of para-hydroxylation sites is 1. The van der Waals surface area contributed by atoms with Gasteiger partial charge in [0.1, 0.15) is 11.6 Å². The van der Waals surface area contributed by atoms with Crippen LogP contribution in [-0.4, -0.2) is 19.6 Å². The average molecular weight is 842 g/mol. The zero-order valence-electron chi connectivity index (χ0n) is 50.1. The number of phenols is 1. The molecule has 0 radical (unpaired) electrons. The molecule has 0 aliphatic carbocycles. The zero-order chi connectivity index (χ0) is 55.3. The van der Waals surface area contributed by atoms with Crippen molar-refractivity contribution in [1.82, 2.24) is 14.5 Å². The third kappa shape index (κ3) is 8.48. The van der Waals surface area contributed by atoms with E-state index in [0.717, 1.165) is 38.9 Å². The van der Waals surface area contributed by atoms with Crippen molar-refractivity contribution in [2.24, 2.45) is 0 Å². The van der Waals surface area contributed by atoms with Crippen LogP contribution in [0.5, 0.6) is 5.75 Å². The van der Waals surface area contributed by atoms with E-state index in [1.54, 1.807) is 6.07 Å². The Kier molecular flexibility index (Phi) is 8.36. The summed E-state index contributed by atoms with van der Waals surface area (Å²) in [5, 5.41) is 12.3. The van der Waals surface area contributed by atoms with E-state index in [1.165, 1.54) is 0 Å². The van der Waals surface area contributed by atoms with Gasteiger partial charge in [0.05, 0.1) is 31.9 Å². The van der Waals surface area contributed by atoms with Gasteiger partial charge in [-0.25, -0.2) is 4.98 Å². The standard InChI is InChI=1S/C59H63N3O/c1-35(2)42-31-52(38(7)8)57(63)53(32-42)58-61-56-48(43-28-44(30-45(29-43)59(10,11)12)54-33-41(26-27-60-54)40-22-20-39(9)21-23-40)18-15-19-55(56)62(58)46-24-25-50(51(34-46)37(5)6)49-17-14-13-16-47(49)36(3)4/h13-38,63H,1-12H3/i9D3,20D,21D,22D,23D,26D,27D,33D,36D,37D. The highest BCUT2D eigenvalue weighted by Gasteiger charge is 2.26. The highest BCUT2D eigenvalue weighted by molar-refractivity contribution is 5.97. The summed E-state index contributed by atoms with van der Waals surface area (Å²) in [6.07, 6.45) is -0.585. The molecular formula is C59H63N3O. The summed E-state index contributed by atoms with van der Waals surface area (Å²) in [5.74, 6) is -1.42. The molecule has 2 aromatic heterocycles. The van der Waals surface area contributed by atoms with Crippen LogP contribution in [0.15, 0.2) is 133 Å². The molecule has 0 amide bonds. The monoisotopic (exact) mass is 842 g/mol. The molecule has 1 N–H and O–H groups in total. The van der Waals surface area contributed by atoms with Gasteiger partial charge in [0.25, 0.3) is 0 Å². The minimum Gasteiger partial charge on any atom is -0.507 e. The quantitative estimate of drug-likeness (QED) is 0.149. The fourth-order valence-electron chi connectivity index (χ4n) is 8.24. The number of rotatable bonds is 10. The predicted molar refractivity (Wildman–Crippen MR) is 268 cm³/mol. The molecule has 0 spiro atoms. The molecule has 0 bridgehead atoms. The van der Waals surface area contributed by atoms with Crippen LogP contribution in [0.2, 0.25) is 0 Å². The van der Waals surface area contributed by atoms with Crippen molar-refractivity contribution < 1.29 is 21.6 Å². The van der Waals surface area contributed by atoms with Crippen molar-refractivity contribution in [2.75, 3.05) is 0 Å². The number of aromatic nitrogens is 3. The predicted octanol–water partition coefficient (Wildman–Crippen LogP) is 16.6. The minimum atomic E-state index is -2.98. The van der Waals surface area contributed by atoms with Gasteiger partial charge in [-0.1, -0.05) is 160 Å². The van der Waals surface area contributed by atoms with E-state index in [1.807, 2.05) is 152 Å². The van der Waals surface area contributed by atoms with Crippen molar-refractivity contribution in [3.05, 3.63) is 167 Å². The number of pyridine rings is 1. The van der Waals surface area contributed by atoms with E-state index in [4.69, 9.17) is 18.7 Å². The first-order chi connectivity index (χ1) is 34.7. The van der Waals surface area contributed by atoms with Gasteiger partial charge in [-0.3, -0.25) is 9.55 Å². The van der Waals surface area contributed by atoms with Crippen molar-refractivity contribution >= 4 is 11.0 Å². The topological polar surface area (TPSA) is 50.9 Å². The van der Waals surface area contributed by atoms with E-state index in [2.05, 4.69) is 18.8 Å². The van der Waals surface area contributed by atoms with Gasteiger partial charge in [0.2, 0.25) is 0 Å². The molecule has 0 saturated heterocycles. The smallest absolute Gasteiger partial charge is 0.149 e. The van der Waals surface area contributed by atoms with Crippen LogP contribution in [0.1, 0.15) is 150 Å². The van der Waals surface area contributed by atoms with Gasteiger partial charge in [-0.2, -0.15) is 0 Å². The highest BCUT2D eigenvalue weighted by Crippen LogP contribution is 2.44. The largest absolute Gasteiger partial charge is 0.507 e. The molecule has 63 heavy (non-hydrogen) atoms. The second kappa shape index (κ2) is 17.1. The van der Waals surface area contributed by atoms with Gasteiger partial charge in [-0.15, -0.1) is 0 Å². The maximum Gasteiger partial charge on any atom is 0.149 e. The summed E-state index contributed by atoms with van der Waals surface area (Å²) >= 11 is 0. The number of phenolic OH excluding ortho intramolecular Hbond substituents is 1. The zero-order valence-corrected chi connectivity index (χ0v) is 38.1. The van der Waals surface area contributed by atoms with E-state index in [-0.39, 0.29) is 28.8 Å². The maximum atomic E-state index is 12.3. The molecule has 2 heterocycles. The lowest BCUT2D eigenvalue weighted by atomic mass is 9.83. The molecule has 4 heteroatoms. The number of hydrogen-bond acceptors (Lipinski definition) is 3. The van der Waals surface area contributed by atoms with Crippen LogP contribution in [0.4, 0.5) is 0 Å². The summed E-state index contributed by atoms with van der Waals surface area (Å²) in [7, 11) is 0. The Labute approximate surface area is 392 Å². The summed E-state index contributed by atoms with van der Waals surface area (Å²) in [4.78, 5) is 9.92. The molecule has 4 nitrogen and oxygen atoms in total. The summed E-state index contributed by atoms with van der Waals surface area (Å²) < 4.78 is 107. The summed E-state index contributed by atoms with van der Waals surface area (Å²) in [6, 6.07) is 25.1. The first kappa shape index (κ1) is 30.7. The molecule has 320 valence electrons. The SMILES string of the molecule is [2H]c1nc(-c2cc(-c3cccc4c3nc(-c3cc(C(C)C)cc(C(C)C)c3O)n4-c3ccc(-c4ccccc4C([2H])(C)C)c(C([2H])(C)C)c3)cc(C(C)(C)C)c2)c([2H])c(-c2c([2H])c([2H])c(C([2H])([2H])[2H])c([2H])c2[2H])c1[2H]. The molecule has 8 aromatic rings. The minimum absolute atomic E-state index is 0.0350. The number of nitrogens with zero attached hydrogens (tertiary/aromatic N) is 3. The van der Waals surface area contributed by atoms with Gasteiger partial charge in [0.15, 0.2) is 0 Å². The van der Waals surface area contributed by atoms with E-state index < -0.39 is 77.6 Å². The van der Waals surface area contributed by atoms with Crippen LogP contribution >= 0.6 is 0 Å². The van der Waals surface area contributed by atoms with Crippen LogP contribution in [0.25, 0.3) is 72.7 Å². The molecule has 0 atom stereocenters. The molecule has 0 aliphatic rings. The molecule has 6 aromatic carbocycles. The lowest BCUT2D eigenvalue weighted by Crippen LogP contribution is -2.11. The Morgan fingerprint density at radius 1 is 0.635 bits per heavy atom. The van der Waals surface area contributed by atoms with Gasteiger partial charge in [-0.05, 0) is 140 Å². The van der Waals surface area contributed by atoms with Gasteiger partial charge >= 0.3 is 0 Å². The second-order valence-electron chi connectivity index (χ2n) is 18.5. The lowest BCUT2D eigenvalue weighted by molar-refractivity contribution is 0.466. The molecule has 8 rings (SSSR count). The Bertz CT molecular complexity index is 3560. The third-order valence-corrected chi connectivity index (χ3v) is 11.8. The summed E-state index contributed by atoms with van der Waals surface area (Å²) in [6.45, 7) is 18.8. The van der Waals surface area contributed by atoms with Crippen LogP contribution in [0.3, 0.4) is 0 Å². The van der Waals surface area contributed by atoms with Crippen molar-refractivity contribution in [1.29, 1.82) is 0 Å². The molecule has 0 unspecified atom stereocenters. The Morgan fingerprint density at radius 2 is 1.33 bits per heavy atom. The van der Waals surface area contributed by atoms with E-state index in [9.17, 15) is 7.85 Å². The van der Waals surface area contributed by atoms with Crippen LogP contribution in [0, 0.1) is 6.85 Å². The fraction of sp³-hybridized carbons (Fsp3) is 0.288. The Balaban J connectivity index is 1.45. The van der Waals surface area contributed by atoms with E-state index in [0.29, 0.717) is 44.8 Å². The first-order valence-electron chi connectivity index (χ1n) is 27.6. The van der Waals surface area contributed by atoms with Crippen molar-refractivity contribution in [3.8, 4) is 67.5 Å². The number of fused-ring (bicyclic) bond motifs is 1. The maximum absolute atomic E-state index is 12.3. The second-order valence-corrected chi connectivity index (χ2v) is 18.5. The highest BCUT2D eigenvalue weighted by atomic mass is 16.3. The lowest BCUT2D eigenvalue weighted by Gasteiger charge is -2.22. The number of imidazole rings is 1. The van der Waals surface area contributed by atoms with Crippen molar-refractivity contribution in [2.45, 2.75) is 112 Å². The van der Waals surface area contributed by atoms with Gasteiger partial charge < -0.3 is 5.11 Å². The van der Waals surface area contributed by atoms with Crippen LogP contribution < -0.4 is 0 Å². The molecule has 0 saturated carbocycles.